The zero-order valence-corrected chi connectivity index (χ0v) is 15.6. The first-order valence-corrected chi connectivity index (χ1v) is 8.53. The smallest absolute Gasteiger partial charge is 0.133 e. The van der Waals surface area contributed by atoms with Crippen LogP contribution in [0, 0.1) is 11.3 Å². The third-order valence-corrected chi connectivity index (χ3v) is 5.18. The molecule has 2 atom stereocenters. The maximum Gasteiger partial charge on any atom is 0.133 e. The van der Waals surface area contributed by atoms with Gasteiger partial charge in [-0.2, -0.15) is 0 Å². The fraction of sp³-hybridized carbons (Fsp3) is 0.625. The fourth-order valence-corrected chi connectivity index (χ4v) is 3.14. The average molecular weight is 392 g/mol. The first kappa shape index (κ1) is 17.0. The summed E-state index contributed by atoms with van der Waals surface area (Å²) >= 11 is 7.39. The standard InChI is InChI=1S/C16H24Br2O/c1-6-19-15-8-7-12(10-14(15)18)13(17)9-11(2)16(3,4)5/h7-8,10-11,13H,6,9H2,1-5H3. The van der Waals surface area contributed by atoms with Gasteiger partial charge in [0.1, 0.15) is 5.75 Å². The van der Waals surface area contributed by atoms with Gasteiger partial charge in [0.05, 0.1) is 11.1 Å². The number of hydrogen-bond acceptors (Lipinski definition) is 1. The second kappa shape index (κ2) is 7.12. The molecule has 0 bridgehead atoms. The molecule has 0 fully saturated rings. The first-order chi connectivity index (χ1) is 8.75. The predicted molar refractivity (Wildman–Crippen MR) is 90.2 cm³/mol. The van der Waals surface area contributed by atoms with Gasteiger partial charge in [-0.1, -0.05) is 49.7 Å². The summed E-state index contributed by atoms with van der Waals surface area (Å²) in [7, 11) is 0. The summed E-state index contributed by atoms with van der Waals surface area (Å²) in [5, 5.41) is 0. The summed E-state index contributed by atoms with van der Waals surface area (Å²) in [6.07, 6.45) is 1.13. The van der Waals surface area contributed by atoms with Crippen LogP contribution in [0.3, 0.4) is 0 Å². The minimum atomic E-state index is 0.342. The van der Waals surface area contributed by atoms with Crippen LogP contribution in [0.1, 0.15) is 51.4 Å². The lowest BCUT2D eigenvalue weighted by Crippen LogP contribution is -2.18. The zero-order valence-electron chi connectivity index (χ0n) is 12.5. The Balaban J connectivity index is 2.78. The summed E-state index contributed by atoms with van der Waals surface area (Å²) < 4.78 is 6.57. The molecule has 1 rings (SSSR count). The van der Waals surface area contributed by atoms with Crippen molar-refractivity contribution in [3.8, 4) is 5.75 Å². The lowest BCUT2D eigenvalue weighted by atomic mass is 9.79. The van der Waals surface area contributed by atoms with Gasteiger partial charge in [0.15, 0.2) is 0 Å². The molecule has 0 amide bonds. The molecule has 1 aromatic rings. The Morgan fingerprint density at radius 2 is 1.89 bits per heavy atom. The molecule has 0 heterocycles. The van der Waals surface area contributed by atoms with Crippen molar-refractivity contribution in [2.24, 2.45) is 11.3 Å². The highest BCUT2D eigenvalue weighted by atomic mass is 79.9. The normalized spacial score (nSPS) is 15.1. The number of ether oxygens (including phenoxy) is 1. The molecule has 3 heteroatoms. The van der Waals surface area contributed by atoms with E-state index in [-0.39, 0.29) is 0 Å². The van der Waals surface area contributed by atoms with Gasteiger partial charge in [-0.25, -0.2) is 0 Å². The average Bonchev–Trinajstić information content (AvgIpc) is 2.30. The van der Waals surface area contributed by atoms with Crippen molar-refractivity contribution in [3.63, 3.8) is 0 Å². The topological polar surface area (TPSA) is 9.23 Å². The molecule has 0 aromatic heterocycles. The maximum absolute atomic E-state index is 5.54. The Kier molecular flexibility index (Phi) is 6.38. The van der Waals surface area contributed by atoms with E-state index in [1.54, 1.807) is 0 Å². The van der Waals surface area contributed by atoms with Gasteiger partial charge in [-0.15, -0.1) is 0 Å². The quantitative estimate of drug-likeness (QED) is 0.530. The molecule has 0 saturated heterocycles. The third kappa shape index (κ3) is 5.11. The maximum atomic E-state index is 5.54. The molecule has 19 heavy (non-hydrogen) atoms. The van der Waals surface area contributed by atoms with Crippen molar-refractivity contribution in [3.05, 3.63) is 28.2 Å². The van der Waals surface area contributed by atoms with Gasteiger partial charge >= 0.3 is 0 Å². The molecule has 0 N–H and O–H groups in total. The second-order valence-electron chi connectivity index (χ2n) is 6.09. The minimum Gasteiger partial charge on any atom is -0.493 e. The van der Waals surface area contributed by atoms with Crippen LogP contribution in [-0.4, -0.2) is 6.61 Å². The van der Waals surface area contributed by atoms with Crippen LogP contribution < -0.4 is 4.74 Å². The summed E-state index contributed by atoms with van der Waals surface area (Å²) in [5.41, 5.74) is 1.64. The van der Waals surface area contributed by atoms with Crippen LogP contribution in [-0.2, 0) is 0 Å². The second-order valence-corrected chi connectivity index (χ2v) is 8.05. The van der Waals surface area contributed by atoms with E-state index in [1.165, 1.54) is 5.56 Å². The van der Waals surface area contributed by atoms with Crippen molar-refractivity contribution in [2.45, 2.75) is 45.9 Å². The van der Waals surface area contributed by atoms with E-state index >= 15 is 0 Å². The number of benzene rings is 1. The predicted octanol–water partition coefficient (Wildman–Crippen LogP) is 6.36. The van der Waals surface area contributed by atoms with Crippen molar-refractivity contribution >= 4 is 31.9 Å². The van der Waals surface area contributed by atoms with Gasteiger partial charge in [-0.05, 0) is 58.3 Å². The van der Waals surface area contributed by atoms with E-state index in [4.69, 9.17) is 4.74 Å². The molecule has 0 radical (unpaired) electrons. The van der Waals surface area contributed by atoms with Crippen LogP contribution in [0.5, 0.6) is 5.75 Å². The monoisotopic (exact) mass is 390 g/mol. The summed E-state index contributed by atoms with van der Waals surface area (Å²) in [4.78, 5) is 0.383. The van der Waals surface area contributed by atoms with E-state index in [0.717, 1.165) is 16.6 Å². The number of hydrogen-bond donors (Lipinski definition) is 0. The Labute approximate surface area is 134 Å². The van der Waals surface area contributed by atoms with Crippen LogP contribution >= 0.6 is 31.9 Å². The molecule has 0 saturated carbocycles. The van der Waals surface area contributed by atoms with Crippen molar-refractivity contribution in [1.29, 1.82) is 0 Å². The van der Waals surface area contributed by atoms with Gasteiger partial charge in [-0.3, -0.25) is 0 Å². The van der Waals surface area contributed by atoms with Crippen LogP contribution in [0.25, 0.3) is 0 Å². The van der Waals surface area contributed by atoms with Gasteiger partial charge in [0.25, 0.3) is 0 Å². The molecular formula is C16H24Br2O. The van der Waals surface area contributed by atoms with Crippen LogP contribution in [0.4, 0.5) is 0 Å². The highest BCUT2D eigenvalue weighted by molar-refractivity contribution is 9.10. The highest BCUT2D eigenvalue weighted by Gasteiger charge is 2.23. The lowest BCUT2D eigenvalue weighted by molar-refractivity contribution is 0.246. The highest BCUT2D eigenvalue weighted by Crippen LogP contribution is 2.39. The molecular weight excluding hydrogens is 368 g/mol. The minimum absolute atomic E-state index is 0.342. The van der Waals surface area contributed by atoms with Crippen molar-refractivity contribution in [2.75, 3.05) is 6.61 Å². The Morgan fingerprint density at radius 1 is 1.26 bits per heavy atom. The van der Waals surface area contributed by atoms with Gasteiger partial charge < -0.3 is 4.74 Å². The largest absolute Gasteiger partial charge is 0.493 e. The van der Waals surface area contributed by atoms with Crippen molar-refractivity contribution in [1.82, 2.24) is 0 Å². The number of halogens is 2. The molecule has 2 unspecified atom stereocenters. The first-order valence-electron chi connectivity index (χ1n) is 6.82. The van der Waals surface area contributed by atoms with E-state index in [1.807, 2.05) is 13.0 Å². The van der Waals surface area contributed by atoms with E-state index < -0.39 is 0 Å². The fourth-order valence-electron chi connectivity index (χ4n) is 1.78. The molecule has 0 aliphatic rings. The van der Waals surface area contributed by atoms with Gasteiger partial charge in [0.2, 0.25) is 0 Å². The number of rotatable bonds is 5. The van der Waals surface area contributed by atoms with E-state index in [9.17, 15) is 0 Å². The molecule has 0 aliphatic carbocycles. The zero-order chi connectivity index (χ0) is 14.6. The molecule has 108 valence electrons. The molecule has 1 nitrogen and oxygen atoms in total. The van der Waals surface area contributed by atoms with E-state index in [2.05, 4.69) is 71.7 Å². The Morgan fingerprint density at radius 3 is 2.37 bits per heavy atom. The number of alkyl halides is 1. The molecule has 0 spiro atoms. The van der Waals surface area contributed by atoms with Gasteiger partial charge in [0, 0.05) is 4.83 Å². The summed E-state index contributed by atoms with van der Waals surface area (Å²) in [6, 6.07) is 6.34. The van der Waals surface area contributed by atoms with Crippen LogP contribution in [0.15, 0.2) is 22.7 Å². The third-order valence-electron chi connectivity index (χ3n) is 3.66. The Hall–Kier alpha value is -0.0200. The summed E-state index contributed by atoms with van der Waals surface area (Å²) in [5.74, 6) is 1.57. The Bertz CT molecular complexity index is 410. The summed E-state index contributed by atoms with van der Waals surface area (Å²) in [6.45, 7) is 11.9. The van der Waals surface area contributed by atoms with E-state index in [0.29, 0.717) is 22.8 Å². The SMILES string of the molecule is CCOc1ccc(C(Br)CC(C)C(C)(C)C)cc1Br. The van der Waals surface area contributed by atoms with Crippen LogP contribution in [0.2, 0.25) is 0 Å². The molecule has 0 aliphatic heterocycles. The molecule has 1 aromatic carbocycles. The van der Waals surface area contributed by atoms with Crippen molar-refractivity contribution < 1.29 is 4.74 Å². The lowest BCUT2D eigenvalue weighted by Gasteiger charge is -2.29.